The monoisotopic (exact) mass is 135 g/mol. The maximum absolute atomic E-state index is 5.30. The summed E-state index contributed by atoms with van der Waals surface area (Å²) in [4.78, 5) is 2.32. The van der Waals surface area contributed by atoms with E-state index in [2.05, 4.69) is 23.1 Å². The second-order valence-corrected chi connectivity index (χ2v) is 3.06. The van der Waals surface area contributed by atoms with Gasteiger partial charge in [-0.2, -0.15) is 0 Å². The Morgan fingerprint density at radius 3 is 3.50 bits per heavy atom. The summed E-state index contributed by atoms with van der Waals surface area (Å²) in [6.07, 6.45) is 7.89. The maximum Gasteiger partial charge on any atom is 0.123 e. The Bertz CT molecular complexity index is 244. The number of hydrogen-bond donors (Lipinski definition) is 0. The quantitative estimate of drug-likeness (QED) is 0.361. The third kappa shape index (κ3) is 0.353. The molecule has 1 atom stereocenters. The third-order valence-electron chi connectivity index (χ3n) is 2.55. The summed E-state index contributed by atoms with van der Waals surface area (Å²) >= 11 is 0. The second-order valence-electron chi connectivity index (χ2n) is 3.06. The Balaban J connectivity index is 2.09. The fourth-order valence-electron chi connectivity index (χ4n) is 1.95. The Labute approximate surface area is 59.8 Å². The average Bonchev–Trinajstić information content (AvgIpc) is 2.44. The SMILES string of the molecule is C1=C[C@@]23COCN2C3=CC1. The zero-order valence-corrected chi connectivity index (χ0v) is 5.71. The first kappa shape index (κ1) is 4.97. The van der Waals surface area contributed by atoms with Gasteiger partial charge in [-0.3, -0.25) is 0 Å². The number of hydrogen-bond acceptors (Lipinski definition) is 2. The molecule has 2 nitrogen and oxygen atoms in total. The molecular weight excluding hydrogens is 126 g/mol. The number of fused-ring (bicyclic) bond motifs is 1. The molecular formula is C8H9NO. The normalized spacial score (nSPS) is 40.8. The zero-order chi connectivity index (χ0) is 6.60. The molecule has 0 aromatic carbocycles. The second kappa shape index (κ2) is 1.30. The van der Waals surface area contributed by atoms with Gasteiger partial charge in [0.1, 0.15) is 12.3 Å². The van der Waals surface area contributed by atoms with Gasteiger partial charge in [0.2, 0.25) is 0 Å². The highest BCUT2D eigenvalue weighted by molar-refractivity contribution is 5.48. The van der Waals surface area contributed by atoms with Crippen LogP contribution in [0, 0.1) is 0 Å². The van der Waals surface area contributed by atoms with Gasteiger partial charge in [0.15, 0.2) is 0 Å². The molecule has 2 heteroatoms. The summed E-state index contributed by atoms with van der Waals surface area (Å²) in [5.41, 5.74) is 1.74. The lowest BCUT2D eigenvalue weighted by atomic mass is 10.0. The fraction of sp³-hybridized carbons (Fsp3) is 0.500. The van der Waals surface area contributed by atoms with Gasteiger partial charge >= 0.3 is 0 Å². The van der Waals surface area contributed by atoms with E-state index in [9.17, 15) is 0 Å². The summed E-state index contributed by atoms with van der Waals surface area (Å²) in [6.45, 7) is 1.67. The van der Waals surface area contributed by atoms with Crippen LogP contribution in [0.2, 0.25) is 0 Å². The van der Waals surface area contributed by atoms with Crippen molar-refractivity contribution in [2.24, 2.45) is 0 Å². The van der Waals surface area contributed by atoms with Crippen LogP contribution in [-0.4, -0.2) is 23.8 Å². The predicted molar refractivity (Wildman–Crippen MR) is 37.2 cm³/mol. The van der Waals surface area contributed by atoms with Gasteiger partial charge in [0.25, 0.3) is 0 Å². The van der Waals surface area contributed by atoms with E-state index in [1.54, 1.807) is 0 Å². The number of allylic oxidation sites excluding steroid dienone is 2. The highest BCUT2D eigenvalue weighted by atomic mass is 16.5. The highest BCUT2D eigenvalue weighted by Crippen LogP contribution is 2.52. The van der Waals surface area contributed by atoms with Crippen LogP contribution in [0.15, 0.2) is 23.9 Å². The molecule has 0 N–H and O–H groups in total. The van der Waals surface area contributed by atoms with E-state index in [-0.39, 0.29) is 5.54 Å². The van der Waals surface area contributed by atoms with Crippen LogP contribution >= 0.6 is 0 Å². The molecule has 2 aliphatic heterocycles. The van der Waals surface area contributed by atoms with E-state index in [1.165, 1.54) is 5.70 Å². The molecule has 0 amide bonds. The molecule has 3 rings (SSSR count). The van der Waals surface area contributed by atoms with E-state index < -0.39 is 0 Å². The predicted octanol–water partition coefficient (Wildman–Crippen LogP) is 0.872. The van der Waals surface area contributed by atoms with Gasteiger partial charge in [0, 0.05) is 5.70 Å². The van der Waals surface area contributed by atoms with Crippen LogP contribution in [0.1, 0.15) is 6.42 Å². The Morgan fingerprint density at radius 1 is 1.60 bits per heavy atom. The minimum absolute atomic E-state index is 0.248. The highest BCUT2D eigenvalue weighted by Gasteiger charge is 2.60. The summed E-state index contributed by atoms with van der Waals surface area (Å²) in [7, 11) is 0. The minimum Gasteiger partial charge on any atom is -0.358 e. The first-order valence-electron chi connectivity index (χ1n) is 3.67. The van der Waals surface area contributed by atoms with Gasteiger partial charge in [-0.25, -0.2) is 0 Å². The van der Waals surface area contributed by atoms with Crippen LogP contribution in [0.5, 0.6) is 0 Å². The number of nitrogens with zero attached hydrogens (tertiary/aromatic N) is 1. The molecule has 0 radical (unpaired) electrons. The molecule has 2 fully saturated rings. The van der Waals surface area contributed by atoms with Crippen molar-refractivity contribution < 1.29 is 4.74 Å². The fourth-order valence-corrected chi connectivity index (χ4v) is 1.95. The van der Waals surface area contributed by atoms with Gasteiger partial charge in [-0.1, -0.05) is 18.2 Å². The van der Waals surface area contributed by atoms with Crippen molar-refractivity contribution in [2.75, 3.05) is 13.3 Å². The molecule has 1 aliphatic carbocycles. The minimum atomic E-state index is 0.248. The van der Waals surface area contributed by atoms with Gasteiger partial charge in [-0.15, -0.1) is 0 Å². The molecule has 1 spiro atoms. The summed E-state index contributed by atoms with van der Waals surface area (Å²) in [6, 6.07) is 0. The third-order valence-corrected chi connectivity index (χ3v) is 2.55. The van der Waals surface area contributed by atoms with Crippen molar-refractivity contribution in [3.05, 3.63) is 23.9 Å². The molecule has 2 heterocycles. The van der Waals surface area contributed by atoms with Gasteiger partial charge in [-0.05, 0) is 6.42 Å². The Hall–Kier alpha value is -0.760. The average molecular weight is 135 g/mol. The maximum atomic E-state index is 5.30. The molecule has 0 aromatic heterocycles. The largest absolute Gasteiger partial charge is 0.358 e. The van der Waals surface area contributed by atoms with Crippen LogP contribution in [-0.2, 0) is 4.74 Å². The first-order valence-corrected chi connectivity index (χ1v) is 3.67. The van der Waals surface area contributed by atoms with Crippen LogP contribution in [0.3, 0.4) is 0 Å². The van der Waals surface area contributed by atoms with E-state index in [0.717, 1.165) is 19.8 Å². The summed E-state index contributed by atoms with van der Waals surface area (Å²) in [5.74, 6) is 0. The van der Waals surface area contributed by atoms with E-state index >= 15 is 0 Å². The Kier molecular flexibility index (Phi) is 0.645. The van der Waals surface area contributed by atoms with Crippen LogP contribution in [0.4, 0.5) is 0 Å². The van der Waals surface area contributed by atoms with Crippen molar-refractivity contribution in [1.29, 1.82) is 0 Å². The smallest absolute Gasteiger partial charge is 0.123 e. The zero-order valence-electron chi connectivity index (χ0n) is 5.71. The number of ether oxygens (including phenoxy) is 1. The molecule has 0 bridgehead atoms. The molecule has 3 aliphatic rings. The molecule has 0 aromatic rings. The first-order chi connectivity index (χ1) is 4.93. The van der Waals surface area contributed by atoms with Gasteiger partial charge in [0.05, 0.1) is 6.61 Å². The lowest BCUT2D eigenvalue weighted by molar-refractivity contribution is 0.154. The molecule has 0 saturated carbocycles. The lowest BCUT2D eigenvalue weighted by Gasteiger charge is -2.02. The number of rotatable bonds is 0. The molecule has 2 saturated heterocycles. The molecule has 0 unspecified atom stereocenters. The van der Waals surface area contributed by atoms with Crippen molar-refractivity contribution in [3.63, 3.8) is 0 Å². The summed E-state index contributed by atoms with van der Waals surface area (Å²) < 4.78 is 5.30. The standard InChI is InChI=1S/C8H9NO/c1-2-4-8-5-10-6-9(8)7(8)3-1/h2-4H,1,5-6H2/t8-,9?/m0/s1. The topological polar surface area (TPSA) is 12.2 Å². The molecule has 52 valence electrons. The van der Waals surface area contributed by atoms with Gasteiger partial charge < -0.3 is 9.64 Å². The molecule has 10 heavy (non-hydrogen) atoms. The van der Waals surface area contributed by atoms with Crippen molar-refractivity contribution in [2.45, 2.75) is 12.0 Å². The van der Waals surface area contributed by atoms with Crippen molar-refractivity contribution in [3.8, 4) is 0 Å². The van der Waals surface area contributed by atoms with Crippen LogP contribution < -0.4 is 0 Å². The van der Waals surface area contributed by atoms with E-state index in [4.69, 9.17) is 4.74 Å². The van der Waals surface area contributed by atoms with E-state index in [1.807, 2.05) is 0 Å². The van der Waals surface area contributed by atoms with Crippen LogP contribution in [0.25, 0.3) is 0 Å². The van der Waals surface area contributed by atoms with E-state index in [0.29, 0.717) is 0 Å². The summed E-state index contributed by atoms with van der Waals surface area (Å²) in [5, 5.41) is 0. The Morgan fingerprint density at radius 2 is 2.60 bits per heavy atom. The van der Waals surface area contributed by atoms with Crippen molar-refractivity contribution in [1.82, 2.24) is 4.90 Å². The van der Waals surface area contributed by atoms with Crippen molar-refractivity contribution >= 4 is 0 Å². The lowest BCUT2D eigenvalue weighted by Crippen LogP contribution is -2.12.